The molecule has 19 heavy (non-hydrogen) atoms. The maximum absolute atomic E-state index is 11.4. The van der Waals surface area contributed by atoms with Gasteiger partial charge >= 0.3 is 0 Å². The van der Waals surface area contributed by atoms with Crippen molar-refractivity contribution >= 4 is 17.8 Å². The number of aliphatic hydroxyl groups excluding tert-OH is 1. The van der Waals surface area contributed by atoms with E-state index in [1.165, 1.54) is 0 Å². The van der Waals surface area contributed by atoms with Crippen LogP contribution in [0.3, 0.4) is 0 Å². The Hall–Kier alpha value is -2.40. The largest absolute Gasteiger partial charge is 0.447 e. The first-order valence-electron chi connectivity index (χ1n) is 5.71. The highest BCUT2D eigenvalue weighted by Gasteiger charge is 2.22. The number of hydrogen-bond donors (Lipinski definition) is 2. The number of anilines is 1. The number of aldehydes is 1. The molecule has 0 spiro atoms. The summed E-state index contributed by atoms with van der Waals surface area (Å²) in [6.45, 7) is -0.708. The molecule has 5 nitrogen and oxygen atoms in total. The van der Waals surface area contributed by atoms with Crippen LogP contribution in [-0.2, 0) is 6.42 Å². The lowest BCUT2D eigenvalue weighted by atomic mass is 10.0. The Balaban J connectivity index is 2.42. The summed E-state index contributed by atoms with van der Waals surface area (Å²) in [4.78, 5) is 22.4. The van der Waals surface area contributed by atoms with E-state index in [9.17, 15) is 9.59 Å². The lowest BCUT2D eigenvalue weighted by Crippen LogP contribution is -2.06. The third kappa shape index (κ3) is 2.56. The van der Waals surface area contributed by atoms with Crippen LogP contribution >= 0.6 is 0 Å². The Bertz CT molecular complexity index is 601. The molecule has 0 aliphatic rings. The van der Waals surface area contributed by atoms with E-state index < -0.39 is 12.4 Å². The van der Waals surface area contributed by atoms with Crippen molar-refractivity contribution in [3.63, 3.8) is 0 Å². The third-order valence-corrected chi connectivity index (χ3v) is 2.81. The van der Waals surface area contributed by atoms with E-state index in [1.54, 1.807) is 0 Å². The quantitative estimate of drug-likeness (QED) is 0.626. The van der Waals surface area contributed by atoms with Crippen molar-refractivity contribution in [3.05, 3.63) is 53.0 Å². The molecule has 1 aromatic heterocycles. The Morgan fingerprint density at radius 3 is 2.58 bits per heavy atom. The van der Waals surface area contributed by atoms with Gasteiger partial charge in [-0.25, -0.2) is 0 Å². The van der Waals surface area contributed by atoms with Crippen LogP contribution in [-0.4, -0.2) is 23.8 Å². The van der Waals surface area contributed by atoms with Crippen molar-refractivity contribution in [1.29, 1.82) is 0 Å². The molecule has 0 atom stereocenters. The molecule has 0 radical (unpaired) electrons. The molecule has 2 rings (SSSR count). The average Bonchev–Trinajstić information content (AvgIpc) is 2.76. The van der Waals surface area contributed by atoms with Gasteiger partial charge in [0.25, 0.3) is 0 Å². The summed E-state index contributed by atoms with van der Waals surface area (Å²) in [5.41, 5.74) is 7.35. The number of carbonyl (C=O) groups is 2. The predicted molar refractivity (Wildman–Crippen MR) is 69.2 cm³/mol. The summed E-state index contributed by atoms with van der Waals surface area (Å²) >= 11 is 0. The second kappa shape index (κ2) is 5.49. The van der Waals surface area contributed by atoms with Crippen molar-refractivity contribution in [3.8, 4) is 0 Å². The molecule has 0 fully saturated rings. The highest BCUT2D eigenvalue weighted by Crippen LogP contribution is 2.27. The fourth-order valence-electron chi connectivity index (χ4n) is 1.85. The number of ketones is 1. The number of Topliss-reactive ketones (excluding diaryl/α,β-unsaturated/α-hetero) is 1. The zero-order valence-electron chi connectivity index (χ0n) is 10.1. The molecule has 0 unspecified atom stereocenters. The van der Waals surface area contributed by atoms with E-state index >= 15 is 0 Å². The van der Waals surface area contributed by atoms with Crippen LogP contribution in [0, 0.1) is 0 Å². The Morgan fingerprint density at radius 1 is 1.32 bits per heavy atom. The zero-order valence-corrected chi connectivity index (χ0v) is 10.1. The summed E-state index contributed by atoms with van der Waals surface area (Å²) in [7, 11) is 0. The Morgan fingerprint density at radius 2 is 2.00 bits per heavy atom. The lowest BCUT2D eigenvalue weighted by molar-refractivity contribution is 0.0874. The van der Waals surface area contributed by atoms with Gasteiger partial charge in [-0.05, 0) is 5.56 Å². The molecule has 5 heteroatoms. The molecular weight excluding hydrogens is 246 g/mol. The molecule has 1 aromatic carbocycles. The topological polar surface area (TPSA) is 93.5 Å². The number of hydrogen-bond acceptors (Lipinski definition) is 5. The molecule has 0 aliphatic carbocycles. The summed E-state index contributed by atoms with van der Waals surface area (Å²) in [6, 6.07) is 9.38. The SMILES string of the molecule is Nc1c(C(=O)CO)oc(C=O)c1Cc1ccccc1. The van der Waals surface area contributed by atoms with Crippen molar-refractivity contribution in [2.75, 3.05) is 12.3 Å². The van der Waals surface area contributed by atoms with Gasteiger partial charge in [-0.2, -0.15) is 0 Å². The van der Waals surface area contributed by atoms with E-state index in [4.69, 9.17) is 15.3 Å². The fourth-order valence-corrected chi connectivity index (χ4v) is 1.85. The summed E-state index contributed by atoms with van der Waals surface area (Å²) < 4.78 is 5.12. The monoisotopic (exact) mass is 259 g/mol. The van der Waals surface area contributed by atoms with Crippen LogP contribution in [0.2, 0.25) is 0 Å². The second-order valence-electron chi connectivity index (χ2n) is 4.05. The number of nitrogens with two attached hydrogens (primary N) is 1. The van der Waals surface area contributed by atoms with Crippen LogP contribution in [0.15, 0.2) is 34.7 Å². The molecule has 0 saturated carbocycles. The molecule has 0 bridgehead atoms. The Kier molecular flexibility index (Phi) is 3.77. The minimum atomic E-state index is -0.708. The third-order valence-electron chi connectivity index (χ3n) is 2.81. The first-order chi connectivity index (χ1) is 9.17. The highest BCUT2D eigenvalue weighted by atomic mass is 16.4. The van der Waals surface area contributed by atoms with E-state index in [0.29, 0.717) is 18.3 Å². The number of carbonyl (C=O) groups excluding carboxylic acids is 2. The zero-order chi connectivity index (χ0) is 13.8. The number of rotatable bonds is 5. The first-order valence-corrected chi connectivity index (χ1v) is 5.71. The van der Waals surface area contributed by atoms with E-state index in [1.807, 2.05) is 30.3 Å². The second-order valence-corrected chi connectivity index (χ2v) is 4.05. The number of benzene rings is 1. The van der Waals surface area contributed by atoms with Crippen LogP contribution in [0.4, 0.5) is 5.69 Å². The molecule has 0 amide bonds. The first kappa shape index (κ1) is 13.0. The lowest BCUT2D eigenvalue weighted by Gasteiger charge is -2.01. The van der Waals surface area contributed by atoms with Gasteiger partial charge in [-0.3, -0.25) is 9.59 Å². The average molecular weight is 259 g/mol. The molecule has 0 saturated heterocycles. The molecule has 0 aliphatic heterocycles. The number of furan rings is 1. The van der Waals surface area contributed by atoms with Crippen molar-refractivity contribution < 1.29 is 19.1 Å². The molecule has 3 N–H and O–H groups in total. The van der Waals surface area contributed by atoms with Gasteiger partial charge in [-0.15, -0.1) is 0 Å². The normalized spacial score (nSPS) is 10.4. The van der Waals surface area contributed by atoms with Gasteiger partial charge in [0.2, 0.25) is 5.78 Å². The van der Waals surface area contributed by atoms with Gasteiger partial charge < -0.3 is 15.3 Å². The van der Waals surface area contributed by atoms with Crippen molar-refractivity contribution in [2.45, 2.75) is 6.42 Å². The molecular formula is C14H13NO4. The van der Waals surface area contributed by atoms with Crippen molar-refractivity contribution in [2.24, 2.45) is 0 Å². The van der Waals surface area contributed by atoms with E-state index in [0.717, 1.165) is 5.56 Å². The van der Waals surface area contributed by atoms with Crippen LogP contribution in [0.5, 0.6) is 0 Å². The van der Waals surface area contributed by atoms with E-state index in [-0.39, 0.29) is 17.2 Å². The van der Waals surface area contributed by atoms with Crippen LogP contribution in [0.1, 0.15) is 32.2 Å². The van der Waals surface area contributed by atoms with Gasteiger partial charge in [0.15, 0.2) is 17.8 Å². The smallest absolute Gasteiger partial charge is 0.225 e. The maximum atomic E-state index is 11.4. The van der Waals surface area contributed by atoms with Crippen LogP contribution < -0.4 is 5.73 Å². The number of aliphatic hydroxyl groups is 1. The number of nitrogen functional groups attached to an aromatic ring is 1. The maximum Gasteiger partial charge on any atom is 0.225 e. The van der Waals surface area contributed by atoms with Crippen molar-refractivity contribution in [1.82, 2.24) is 0 Å². The molecule has 1 heterocycles. The van der Waals surface area contributed by atoms with Gasteiger partial charge in [-0.1, -0.05) is 30.3 Å². The summed E-state index contributed by atoms with van der Waals surface area (Å²) in [6.07, 6.45) is 0.908. The van der Waals surface area contributed by atoms with Gasteiger partial charge in [0.1, 0.15) is 6.61 Å². The predicted octanol–water partition coefficient (Wildman–Crippen LogP) is 1.44. The minimum absolute atomic E-state index is 0.0261. The van der Waals surface area contributed by atoms with Gasteiger partial charge in [0, 0.05) is 12.0 Å². The van der Waals surface area contributed by atoms with Crippen LogP contribution in [0.25, 0.3) is 0 Å². The summed E-state index contributed by atoms with van der Waals surface area (Å²) in [5.74, 6) is -0.770. The minimum Gasteiger partial charge on any atom is -0.447 e. The highest BCUT2D eigenvalue weighted by molar-refractivity contribution is 6.01. The standard InChI is InChI=1S/C14H13NO4/c15-13-10(6-9-4-2-1-3-5-9)12(8-17)19-14(13)11(18)7-16/h1-5,8,16H,6-7,15H2. The van der Waals surface area contributed by atoms with E-state index in [2.05, 4.69) is 0 Å². The molecule has 98 valence electrons. The molecule has 2 aromatic rings. The Labute approximate surface area is 109 Å². The fraction of sp³-hybridized carbons (Fsp3) is 0.143. The summed E-state index contributed by atoms with van der Waals surface area (Å²) in [5, 5.41) is 8.82. The van der Waals surface area contributed by atoms with Gasteiger partial charge in [0.05, 0.1) is 5.69 Å².